The zero-order chi connectivity index (χ0) is 26.3. The van der Waals surface area contributed by atoms with Crippen molar-refractivity contribution in [3.63, 3.8) is 0 Å². The molecular weight excluding hydrogens is 576 g/mol. The molecule has 1 aliphatic heterocycles. The number of hydrogen-bond acceptors (Lipinski definition) is 7. The normalized spacial score (nSPS) is 18.2. The van der Waals surface area contributed by atoms with E-state index in [0.717, 1.165) is 39.0 Å². The third-order valence-electron chi connectivity index (χ3n) is 6.45. The third-order valence-corrected chi connectivity index (χ3v) is 8.01. The van der Waals surface area contributed by atoms with E-state index in [-0.39, 0.29) is 11.2 Å². The number of benzene rings is 2. The number of fused-ring (bicyclic) bond motifs is 1. The van der Waals surface area contributed by atoms with Gasteiger partial charge in [-0.25, -0.2) is 4.68 Å². The summed E-state index contributed by atoms with van der Waals surface area (Å²) in [5.41, 5.74) is 3.36. The first kappa shape index (κ1) is 26.1. The van der Waals surface area contributed by atoms with Gasteiger partial charge in [-0.2, -0.15) is 4.98 Å². The number of aromatic nitrogens is 3. The molecule has 2 heterocycles. The summed E-state index contributed by atoms with van der Waals surface area (Å²) in [6.45, 7) is 6.66. The smallest absolute Gasteiger partial charge is 0.227 e. The zero-order valence-electron chi connectivity index (χ0n) is 21.1. The number of nitrogens with one attached hydrogen (secondary N) is 1. The average Bonchev–Trinajstić information content (AvgIpc) is 3.24. The number of allylic oxidation sites excluding steroid dienone is 2. The lowest BCUT2D eigenvalue weighted by Gasteiger charge is -2.38. The molecule has 5 rings (SSSR count). The van der Waals surface area contributed by atoms with Gasteiger partial charge < -0.3 is 14.8 Å². The largest absolute Gasteiger partial charge is 0.493 e. The van der Waals surface area contributed by atoms with E-state index < -0.39 is 6.04 Å². The Morgan fingerprint density at radius 2 is 2.00 bits per heavy atom. The number of halogens is 2. The van der Waals surface area contributed by atoms with Gasteiger partial charge in [0.25, 0.3) is 0 Å². The summed E-state index contributed by atoms with van der Waals surface area (Å²) in [5, 5.41) is 9.54. The first-order valence-corrected chi connectivity index (χ1v) is 14.2. The summed E-state index contributed by atoms with van der Waals surface area (Å²) in [5.74, 6) is 2.76. The highest BCUT2D eigenvalue weighted by atomic mass is 79.9. The van der Waals surface area contributed by atoms with Crippen LogP contribution in [0.3, 0.4) is 0 Å². The van der Waals surface area contributed by atoms with Gasteiger partial charge in [-0.05, 0) is 68.9 Å². The molecule has 7 nitrogen and oxygen atoms in total. The highest BCUT2D eigenvalue weighted by Gasteiger charge is 2.42. The fourth-order valence-electron chi connectivity index (χ4n) is 4.86. The van der Waals surface area contributed by atoms with Gasteiger partial charge in [0.2, 0.25) is 11.1 Å². The van der Waals surface area contributed by atoms with E-state index >= 15 is 0 Å². The average molecular weight is 604 g/mol. The Morgan fingerprint density at radius 1 is 1.24 bits per heavy atom. The first-order chi connectivity index (χ1) is 17.7. The minimum atomic E-state index is -0.427. The maximum Gasteiger partial charge on any atom is 0.227 e. The number of methoxy groups -OCH3 is 1. The Kier molecular flexibility index (Phi) is 7.31. The van der Waals surface area contributed by atoms with Gasteiger partial charge in [0.1, 0.15) is 12.6 Å². The number of carbonyl (C=O) groups excluding carboxylic acids is 1. The quantitative estimate of drug-likeness (QED) is 0.290. The van der Waals surface area contributed by atoms with Crippen molar-refractivity contribution in [1.82, 2.24) is 14.8 Å². The Hall–Kier alpha value is -2.49. The molecule has 2 aromatic carbocycles. The Balaban J connectivity index is 1.56. The van der Waals surface area contributed by atoms with E-state index in [9.17, 15) is 4.79 Å². The van der Waals surface area contributed by atoms with Crippen LogP contribution in [0.4, 0.5) is 5.95 Å². The van der Waals surface area contributed by atoms with Crippen LogP contribution in [0.1, 0.15) is 50.8 Å². The van der Waals surface area contributed by atoms with Gasteiger partial charge in [0.15, 0.2) is 17.3 Å². The number of ketones is 1. The molecule has 0 radical (unpaired) electrons. The predicted octanol–water partition coefficient (Wildman–Crippen LogP) is 7.05. The maximum atomic E-state index is 13.5. The Morgan fingerprint density at radius 3 is 2.70 bits per heavy atom. The number of ether oxygens (including phenoxy) is 2. The molecule has 37 heavy (non-hydrogen) atoms. The van der Waals surface area contributed by atoms with Crippen molar-refractivity contribution < 1.29 is 14.3 Å². The minimum Gasteiger partial charge on any atom is -0.493 e. The topological polar surface area (TPSA) is 78.3 Å². The van der Waals surface area contributed by atoms with E-state index in [1.807, 2.05) is 41.1 Å². The lowest BCUT2D eigenvalue weighted by molar-refractivity contribution is -0.118. The number of hydrogen-bond donors (Lipinski definition) is 1. The molecule has 2 aliphatic rings. The van der Waals surface area contributed by atoms with Crippen LogP contribution in [-0.2, 0) is 11.4 Å². The second kappa shape index (κ2) is 10.3. The van der Waals surface area contributed by atoms with E-state index in [2.05, 4.69) is 42.0 Å². The number of rotatable bonds is 7. The molecule has 1 unspecified atom stereocenters. The fourth-order valence-corrected chi connectivity index (χ4v) is 6.12. The number of Topliss-reactive ketones (excluding diaryl/α,β-unsaturated/α-hetero) is 1. The lowest BCUT2D eigenvalue weighted by atomic mass is 9.73. The van der Waals surface area contributed by atoms with Gasteiger partial charge in [-0.15, -0.1) is 5.10 Å². The van der Waals surface area contributed by atoms with E-state index in [4.69, 9.17) is 31.2 Å². The first-order valence-electron chi connectivity index (χ1n) is 12.1. The molecule has 1 aromatic heterocycles. The van der Waals surface area contributed by atoms with Crippen LogP contribution in [0.2, 0.25) is 5.02 Å². The van der Waals surface area contributed by atoms with Crippen molar-refractivity contribution in [2.45, 2.75) is 51.4 Å². The zero-order valence-corrected chi connectivity index (χ0v) is 24.3. The number of anilines is 1. The molecule has 0 saturated heterocycles. The van der Waals surface area contributed by atoms with E-state index in [1.54, 1.807) is 18.9 Å². The number of thioether (sulfide) groups is 1. The fraction of sp³-hybridized carbons (Fsp3) is 0.370. The molecular formula is C27H28BrClN4O3S. The van der Waals surface area contributed by atoms with Crippen molar-refractivity contribution in [2.75, 3.05) is 18.2 Å². The summed E-state index contributed by atoms with van der Waals surface area (Å²) in [6.07, 6.45) is 1.24. The molecule has 1 N–H and O–H groups in total. The Bertz CT molecular complexity index is 1390. The van der Waals surface area contributed by atoms with Gasteiger partial charge in [0.05, 0.1) is 11.6 Å². The van der Waals surface area contributed by atoms with Crippen LogP contribution in [0, 0.1) is 5.41 Å². The summed E-state index contributed by atoms with van der Waals surface area (Å²) in [7, 11) is 1.61. The minimum absolute atomic E-state index is 0.118. The SMILES string of the molecule is CCSc1nc2n(n1)C(c1cc(Br)c(OCc3ccc(Cl)cc3)c(OC)c1)C1=C(CC(C)(C)CC1=O)N2. The Labute approximate surface area is 234 Å². The standard InChI is InChI=1S/C27H28BrClN4O3S/c1-5-37-26-31-25-30-19-12-27(2,3)13-20(34)22(19)23(33(25)32-26)16-10-18(28)24(21(11-16)35-4)36-14-15-6-8-17(29)9-7-15/h6-11,23H,5,12-14H2,1-4H3,(H,30,31,32). The van der Waals surface area contributed by atoms with Crippen molar-refractivity contribution in [2.24, 2.45) is 5.41 Å². The van der Waals surface area contributed by atoms with Crippen LogP contribution < -0.4 is 14.8 Å². The molecule has 0 spiro atoms. The van der Waals surface area contributed by atoms with Gasteiger partial charge in [-0.3, -0.25) is 4.79 Å². The molecule has 0 amide bonds. The third kappa shape index (κ3) is 5.26. The lowest BCUT2D eigenvalue weighted by Crippen LogP contribution is -2.36. The predicted molar refractivity (Wildman–Crippen MR) is 150 cm³/mol. The van der Waals surface area contributed by atoms with Crippen LogP contribution in [-0.4, -0.2) is 33.4 Å². The highest BCUT2D eigenvalue weighted by Crippen LogP contribution is 2.48. The summed E-state index contributed by atoms with van der Waals surface area (Å²) in [6, 6.07) is 11.0. The van der Waals surface area contributed by atoms with Crippen LogP contribution in [0.15, 0.2) is 57.3 Å². The van der Waals surface area contributed by atoms with Crippen molar-refractivity contribution in [3.8, 4) is 11.5 Å². The molecule has 1 aliphatic carbocycles. The van der Waals surface area contributed by atoms with Crippen molar-refractivity contribution in [3.05, 3.63) is 68.3 Å². The molecule has 10 heteroatoms. The highest BCUT2D eigenvalue weighted by molar-refractivity contribution is 9.10. The molecule has 0 fully saturated rings. The summed E-state index contributed by atoms with van der Waals surface area (Å²) >= 11 is 11.3. The van der Waals surface area contributed by atoms with Gasteiger partial charge in [0, 0.05) is 22.7 Å². The van der Waals surface area contributed by atoms with Crippen LogP contribution in [0.5, 0.6) is 11.5 Å². The van der Waals surface area contributed by atoms with Crippen LogP contribution >= 0.6 is 39.3 Å². The van der Waals surface area contributed by atoms with E-state index in [0.29, 0.717) is 40.7 Å². The van der Waals surface area contributed by atoms with Crippen LogP contribution in [0.25, 0.3) is 0 Å². The van der Waals surface area contributed by atoms with Crippen molar-refractivity contribution in [1.29, 1.82) is 0 Å². The summed E-state index contributed by atoms with van der Waals surface area (Å²) < 4.78 is 14.4. The maximum absolute atomic E-state index is 13.5. The molecule has 194 valence electrons. The van der Waals surface area contributed by atoms with Gasteiger partial charge in [-0.1, -0.05) is 56.3 Å². The number of nitrogens with zero attached hydrogens (tertiary/aromatic N) is 3. The molecule has 1 atom stereocenters. The second-order valence-corrected chi connectivity index (χ2v) is 12.4. The van der Waals surface area contributed by atoms with Crippen molar-refractivity contribution >= 4 is 51.0 Å². The molecule has 0 bridgehead atoms. The van der Waals surface area contributed by atoms with E-state index in [1.165, 1.54) is 0 Å². The molecule has 3 aromatic rings. The summed E-state index contributed by atoms with van der Waals surface area (Å²) in [4.78, 5) is 18.2. The second-order valence-electron chi connectivity index (χ2n) is 9.91. The van der Waals surface area contributed by atoms with Gasteiger partial charge >= 0.3 is 0 Å². The number of carbonyl (C=O) groups is 1. The monoisotopic (exact) mass is 602 g/mol. The molecule has 0 saturated carbocycles.